The molecule has 4 heteroatoms. The number of hydrogen-bond acceptors (Lipinski definition) is 2. The van der Waals surface area contributed by atoms with Crippen LogP contribution in [0.3, 0.4) is 0 Å². The van der Waals surface area contributed by atoms with Gasteiger partial charge in [-0.2, -0.15) is 0 Å². The van der Waals surface area contributed by atoms with Crippen molar-refractivity contribution in [2.45, 2.75) is 6.54 Å². The Morgan fingerprint density at radius 2 is 2.33 bits per heavy atom. The predicted molar refractivity (Wildman–Crippen MR) is 50.8 cm³/mol. The summed E-state index contributed by atoms with van der Waals surface area (Å²) in [5.41, 5.74) is 7.48. The minimum absolute atomic E-state index is 0.512. The summed E-state index contributed by atoms with van der Waals surface area (Å²) in [4.78, 5) is 4.19. The third kappa shape index (κ3) is 1.13. The molecule has 0 radical (unpaired) electrons. The third-order valence-electron chi connectivity index (χ3n) is 1.76. The smallest absolute Gasteiger partial charge is 0.136 e. The Kier molecular flexibility index (Phi) is 1.86. The molecule has 0 fully saturated rings. The van der Waals surface area contributed by atoms with Crippen LogP contribution in [-0.2, 0) is 6.54 Å². The molecule has 12 heavy (non-hydrogen) atoms. The molecular weight excluding hydrogens is 218 g/mol. The normalized spacial score (nSPS) is 10.8. The van der Waals surface area contributed by atoms with Gasteiger partial charge in [-0.15, -0.1) is 0 Å². The number of nitrogens with zero attached hydrogens (tertiary/aromatic N) is 2. The Morgan fingerprint density at radius 1 is 1.50 bits per heavy atom. The fourth-order valence-electron chi connectivity index (χ4n) is 1.16. The van der Waals surface area contributed by atoms with Gasteiger partial charge in [-0.05, 0) is 28.1 Å². The molecule has 0 aliphatic rings. The van der Waals surface area contributed by atoms with Gasteiger partial charge in [-0.3, -0.25) is 0 Å². The van der Waals surface area contributed by atoms with Crippen LogP contribution in [0, 0.1) is 0 Å². The van der Waals surface area contributed by atoms with Crippen LogP contribution in [-0.4, -0.2) is 9.38 Å². The zero-order valence-electron chi connectivity index (χ0n) is 6.37. The molecule has 0 aliphatic heterocycles. The summed E-state index contributed by atoms with van der Waals surface area (Å²) in [7, 11) is 0. The van der Waals surface area contributed by atoms with Crippen molar-refractivity contribution in [2.24, 2.45) is 5.73 Å². The van der Waals surface area contributed by atoms with Crippen molar-refractivity contribution < 1.29 is 0 Å². The largest absolute Gasteiger partial charge is 0.325 e. The van der Waals surface area contributed by atoms with E-state index in [0.717, 1.165) is 15.8 Å². The molecule has 2 aromatic heterocycles. The SMILES string of the molecule is NCc1cnc2ccc(Br)cn12. The van der Waals surface area contributed by atoms with E-state index in [1.165, 1.54) is 0 Å². The van der Waals surface area contributed by atoms with Crippen molar-refractivity contribution >= 4 is 21.6 Å². The molecule has 0 bridgehead atoms. The van der Waals surface area contributed by atoms with Gasteiger partial charge in [-0.25, -0.2) is 4.98 Å². The second-order valence-electron chi connectivity index (χ2n) is 2.53. The van der Waals surface area contributed by atoms with E-state index in [4.69, 9.17) is 5.73 Å². The Bertz CT molecular complexity index is 408. The minimum atomic E-state index is 0.512. The second-order valence-corrected chi connectivity index (χ2v) is 3.44. The maximum absolute atomic E-state index is 5.53. The molecule has 0 saturated carbocycles. The number of pyridine rings is 1. The summed E-state index contributed by atoms with van der Waals surface area (Å²) < 4.78 is 3.01. The highest BCUT2D eigenvalue weighted by Crippen LogP contribution is 2.12. The molecule has 2 heterocycles. The molecule has 0 amide bonds. The summed E-state index contributed by atoms with van der Waals surface area (Å²) in [6.45, 7) is 0.512. The maximum atomic E-state index is 5.53. The molecular formula is C8H8BrN3. The van der Waals surface area contributed by atoms with Crippen molar-refractivity contribution in [2.75, 3.05) is 0 Å². The van der Waals surface area contributed by atoms with Crippen LogP contribution in [0.15, 0.2) is 29.0 Å². The van der Waals surface area contributed by atoms with Gasteiger partial charge >= 0.3 is 0 Å². The van der Waals surface area contributed by atoms with Gasteiger partial charge in [0.15, 0.2) is 0 Å². The van der Waals surface area contributed by atoms with Crippen molar-refractivity contribution in [1.29, 1.82) is 0 Å². The molecule has 0 aromatic carbocycles. The van der Waals surface area contributed by atoms with E-state index in [-0.39, 0.29) is 0 Å². The Hall–Kier alpha value is -0.870. The maximum Gasteiger partial charge on any atom is 0.136 e. The number of fused-ring (bicyclic) bond motifs is 1. The van der Waals surface area contributed by atoms with Crippen LogP contribution in [0.5, 0.6) is 0 Å². The number of rotatable bonds is 1. The highest BCUT2D eigenvalue weighted by Gasteiger charge is 2.00. The summed E-state index contributed by atoms with van der Waals surface area (Å²) in [6.07, 6.45) is 3.76. The number of nitrogens with two attached hydrogens (primary N) is 1. The third-order valence-corrected chi connectivity index (χ3v) is 2.22. The van der Waals surface area contributed by atoms with Crippen LogP contribution in [0.2, 0.25) is 0 Å². The lowest BCUT2D eigenvalue weighted by molar-refractivity contribution is 0.957. The Labute approximate surface area is 78.3 Å². The number of imidazole rings is 1. The quantitative estimate of drug-likeness (QED) is 0.801. The van der Waals surface area contributed by atoms with Crippen molar-refractivity contribution in [3.8, 4) is 0 Å². The molecule has 0 unspecified atom stereocenters. The topological polar surface area (TPSA) is 43.3 Å². The summed E-state index contributed by atoms with van der Waals surface area (Å²) in [5.74, 6) is 0. The Morgan fingerprint density at radius 3 is 3.08 bits per heavy atom. The molecule has 2 rings (SSSR count). The standard InChI is InChI=1S/C8H8BrN3/c9-6-1-2-8-11-4-7(3-10)12(8)5-6/h1-2,4-5H,3,10H2. The van der Waals surface area contributed by atoms with E-state index >= 15 is 0 Å². The van der Waals surface area contributed by atoms with Gasteiger partial charge in [0.1, 0.15) is 5.65 Å². The first kappa shape index (κ1) is 7.76. The lowest BCUT2D eigenvalue weighted by Gasteiger charge is -1.97. The number of aromatic nitrogens is 2. The van der Waals surface area contributed by atoms with Gasteiger partial charge in [0, 0.05) is 17.2 Å². The van der Waals surface area contributed by atoms with Crippen LogP contribution in [0.1, 0.15) is 5.69 Å². The van der Waals surface area contributed by atoms with Gasteiger partial charge in [0.2, 0.25) is 0 Å². The predicted octanol–water partition coefficient (Wildman–Crippen LogP) is 1.56. The molecule has 0 atom stereocenters. The van der Waals surface area contributed by atoms with E-state index < -0.39 is 0 Å². The lowest BCUT2D eigenvalue weighted by Crippen LogP contribution is -2.00. The van der Waals surface area contributed by atoms with Crippen molar-refractivity contribution in [3.05, 3.63) is 34.7 Å². The molecule has 0 saturated heterocycles. The fraction of sp³-hybridized carbons (Fsp3) is 0.125. The van der Waals surface area contributed by atoms with E-state index in [1.54, 1.807) is 6.20 Å². The molecule has 0 aliphatic carbocycles. The monoisotopic (exact) mass is 225 g/mol. The summed E-state index contributed by atoms with van der Waals surface area (Å²) in [6, 6.07) is 3.91. The van der Waals surface area contributed by atoms with Crippen molar-refractivity contribution in [3.63, 3.8) is 0 Å². The molecule has 2 N–H and O–H groups in total. The van der Waals surface area contributed by atoms with Crippen LogP contribution in [0.4, 0.5) is 0 Å². The highest BCUT2D eigenvalue weighted by atomic mass is 79.9. The molecule has 2 aromatic rings. The van der Waals surface area contributed by atoms with Crippen molar-refractivity contribution in [1.82, 2.24) is 9.38 Å². The summed E-state index contributed by atoms with van der Waals surface area (Å²) >= 11 is 3.39. The first-order valence-electron chi connectivity index (χ1n) is 3.63. The Balaban J connectivity index is 2.75. The van der Waals surface area contributed by atoms with E-state index in [0.29, 0.717) is 6.54 Å². The van der Waals surface area contributed by atoms with E-state index in [1.807, 2.05) is 22.7 Å². The number of halogens is 1. The average molecular weight is 226 g/mol. The highest BCUT2D eigenvalue weighted by molar-refractivity contribution is 9.10. The average Bonchev–Trinajstić information content (AvgIpc) is 2.46. The van der Waals surface area contributed by atoms with Gasteiger partial charge in [-0.1, -0.05) is 0 Å². The van der Waals surface area contributed by atoms with Crippen LogP contribution in [0.25, 0.3) is 5.65 Å². The lowest BCUT2D eigenvalue weighted by atomic mass is 10.4. The minimum Gasteiger partial charge on any atom is -0.325 e. The van der Waals surface area contributed by atoms with Crippen LogP contribution >= 0.6 is 15.9 Å². The zero-order chi connectivity index (χ0) is 8.55. The molecule has 0 spiro atoms. The zero-order valence-corrected chi connectivity index (χ0v) is 7.95. The van der Waals surface area contributed by atoms with E-state index in [2.05, 4.69) is 20.9 Å². The second kappa shape index (κ2) is 2.88. The fourth-order valence-corrected chi connectivity index (χ4v) is 1.49. The number of hydrogen-bond donors (Lipinski definition) is 1. The van der Waals surface area contributed by atoms with Gasteiger partial charge < -0.3 is 10.1 Å². The van der Waals surface area contributed by atoms with Crippen LogP contribution < -0.4 is 5.73 Å². The first-order chi connectivity index (χ1) is 5.81. The summed E-state index contributed by atoms with van der Waals surface area (Å²) in [5, 5.41) is 0. The first-order valence-corrected chi connectivity index (χ1v) is 4.42. The van der Waals surface area contributed by atoms with Gasteiger partial charge in [0.05, 0.1) is 11.9 Å². The molecule has 3 nitrogen and oxygen atoms in total. The van der Waals surface area contributed by atoms with E-state index in [9.17, 15) is 0 Å². The molecule has 62 valence electrons. The van der Waals surface area contributed by atoms with Gasteiger partial charge in [0.25, 0.3) is 0 Å².